The molecule has 5 nitrogen and oxygen atoms in total. The zero-order valence-electron chi connectivity index (χ0n) is 9.52. The Bertz CT molecular complexity index is 469. The topological polar surface area (TPSA) is 74.7 Å². The van der Waals surface area contributed by atoms with Crippen LogP contribution in [0.15, 0.2) is 25.3 Å². The molecule has 0 rings (SSSR count). The van der Waals surface area contributed by atoms with Crippen LogP contribution in [0.1, 0.15) is 0 Å². The van der Waals surface area contributed by atoms with Crippen LogP contribution in [0.25, 0.3) is 0 Å². The average molecular weight is 313 g/mol. The third-order valence-corrected chi connectivity index (χ3v) is 3.10. The summed E-state index contributed by atoms with van der Waals surface area (Å²) in [4.78, 5) is 11.6. The van der Waals surface area contributed by atoms with Gasteiger partial charge in [0.05, 0.1) is 0 Å². The number of rotatable bonds is 6. The van der Waals surface area contributed by atoms with E-state index in [9.17, 15) is 30.8 Å². The van der Waals surface area contributed by atoms with Crippen molar-refractivity contribution in [1.29, 1.82) is 0 Å². The van der Waals surface area contributed by atoms with Gasteiger partial charge in [-0.1, -0.05) is 12.2 Å². The quantitative estimate of drug-likeness (QED) is 0.338. The van der Waals surface area contributed by atoms with Crippen LogP contribution in [0, 0.1) is 0 Å². The molecule has 0 aliphatic heterocycles. The van der Waals surface area contributed by atoms with E-state index in [1.54, 1.807) is 0 Å². The fourth-order valence-corrected chi connectivity index (χ4v) is 1.78. The number of nitrogens with zero attached hydrogens (tertiary/aromatic N) is 1. The Hall–Kier alpha value is -0.823. The zero-order valence-corrected chi connectivity index (χ0v) is 10.3. The minimum absolute atomic E-state index is 0. The van der Waals surface area contributed by atoms with Crippen LogP contribution in [0.5, 0.6) is 0 Å². The van der Waals surface area contributed by atoms with E-state index in [2.05, 4.69) is 13.2 Å². The van der Waals surface area contributed by atoms with Crippen molar-refractivity contribution in [2.75, 3.05) is 13.1 Å². The predicted octanol–water partition coefficient (Wildman–Crippen LogP) is 0.654. The third kappa shape index (κ3) is 4.08. The molecule has 0 aliphatic carbocycles. The van der Waals surface area contributed by atoms with Crippen LogP contribution in [0.3, 0.4) is 0 Å². The summed E-state index contributed by atoms with van der Waals surface area (Å²) in [6.45, 7) is 5.15. The predicted molar refractivity (Wildman–Crippen MR) is 65.6 cm³/mol. The SMILES string of the molecule is C=CCN(CC=C)C(=O)C(F)(C(F)(F)F)S(=O)(=O)O.[LiH]. The van der Waals surface area contributed by atoms with Gasteiger partial charge in [-0.3, -0.25) is 9.35 Å². The zero-order chi connectivity index (χ0) is 15.5. The van der Waals surface area contributed by atoms with Crippen molar-refractivity contribution >= 4 is 34.9 Å². The van der Waals surface area contributed by atoms with E-state index in [0.29, 0.717) is 0 Å². The number of halogens is 4. The maximum absolute atomic E-state index is 13.7. The molecule has 1 amide bonds. The first-order valence-corrected chi connectivity index (χ1v) is 6.11. The van der Waals surface area contributed by atoms with Crippen LogP contribution >= 0.6 is 0 Å². The van der Waals surface area contributed by atoms with Gasteiger partial charge in [0.15, 0.2) is 0 Å². The average Bonchev–Trinajstić information content (AvgIpc) is 2.23. The molecule has 0 spiro atoms. The van der Waals surface area contributed by atoms with Crippen molar-refractivity contribution in [1.82, 2.24) is 4.90 Å². The summed E-state index contributed by atoms with van der Waals surface area (Å²) in [5.74, 6) is -2.46. The maximum atomic E-state index is 13.7. The molecular weight excluding hydrogens is 301 g/mol. The molecular formula is C9H12F4LiNO4S. The molecule has 0 aromatic rings. The number of carbonyl (C=O) groups excluding carboxylic acids is 1. The molecule has 0 saturated heterocycles. The van der Waals surface area contributed by atoms with E-state index in [-0.39, 0.29) is 23.8 Å². The van der Waals surface area contributed by atoms with E-state index in [4.69, 9.17) is 4.55 Å². The normalized spacial score (nSPS) is 14.7. The second-order valence-corrected chi connectivity index (χ2v) is 4.87. The molecule has 112 valence electrons. The van der Waals surface area contributed by atoms with Crippen LogP contribution in [-0.4, -0.2) is 66.9 Å². The summed E-state index contributed by atoms with van der Waals surface area (Å²) in [7, 11) is -6.35. The third-order valence-electron chi connectivity index (χ3n) is 1.98. The monoisotopic (exact) mass is 313 g/mol. The summed E-state index contributed by atoms with van der Waals surface area (Å²) in [6.07, 6.45) is -4.21. The van der Waals surface area contributed by atoms with Gasteiger partial charge in [-0.15, -0.1) is 13.2 Å². The summed E-state index contributed by atoms with van der Waals surface area (Å²) in [5.41, 5.74) is 0. The Morgan fingerprint density at radius 1 is 1.15 bits per heavy atom. The molecule has 0 bridgehead atoms. The molecule has 0 fully saturated rings. The van der Waals surface area contributed by atoms with Gasteiger partial charge in [0.2, 0.25) is 0 Å². The summed E-state index contributed by atoms with van der Waals surface area (Å²) in [5, 5.41) is -5.42. The van der Waals surface area contributed by atoms with E-state index >= 15 is 0 Å². The summed E-state index contributed by atoms with van der Waals surface area (Å²) in [6, 6.07) is 0. The van der Waals surface area contributed by atoms with Gasteiger partial charge in [-0.25, -0.2) is 4.39 Å². The van der Waals surface area contributed by atoms with E-state index in [0.717, 1.165) is 12.2 Å². The molecule has 1 unspecified atom stereocenters. The summed E-state index contributed by atoms with van der Waals surface area (Å²) >= 11 is 0. The first-order chi connectivity index (χ1) is 8.43. The number of carbonyl (C=O) groups is 1. The second kappa shape index (κ2) is 7.26. The standard InChI is InChI=1S/C9H11F4NO4S.Li.H/c1-3-5-14(6-4-2)7(15)8(10,9(11,12)13)19(16,17)18;;/h3-4H,1-2,5-6H2,(H,16,17,18);;. The molecule has 11 heteroatoms. The number of alkyl halides is 4. The molecule has 1 N–H and O–H groups in total. The summed E-state index contributed by atoms with van der Waals surface area (Å²) < 4.78 is 80.7. The van der Waals surface area contributed by atoms with Crippen LogP contribution in [0.4, 0.5) is 17.6 Å². The van der Waals surface area contributed by atoms with Gasteiger partial charge in [-0.05, 0) is 0 Å². The van der Waals surface area contributed by atoms with Crippen molar-refractivity contribution < 1.29 is 35.3 Å². The second-order valence-electron chi connectivity index (χ2n) is 3.36. The van der Waals surface area contributed by atoms with Gasteiger partial charge < -0.3 is 4.90 Å². The molecule has 0 aliphatic rings. The number of amides is 1. The van der Waals surface area contributed by atoms with Crippen molar-refractivity contribution in [3.63, 3.8) is 0 Å². The van der Waals surface area contributed by atoms with Gasteiger partial charge in [0, 0.05) is 13.1 Å². The Morgan fingerprint density at radius 2 is 1.50 bits per heavy atom. The first-order valence-electron chi connectivity index (χ1n) is 4.67. The molecule has 0 aromatic carbocycles. The number of hydrogen-bond acceptors (Lipinski definition) is 3. The molecule has 1 atom stereocenters. The van der Waals surface area contributed by atoms with Gasteiger partial charge in [0.25, 0.3) is 5.91 Å². The van der Waals surface area contributed by atoms with Crippen molar-refractivity contribution in [2.24, 2.45) is 0 Å². The Labute approximate surface area is 125 Å². The molecule has 0 heterocycles. The van der Waals surface area contributed by atoms with Crippen molar-refractivity contribution in [3.8, 4) is 0 Å². The van der Waals surface area contributed by atoms with Crippen molar-refractivity contribution in [2.45, 2.75) is 11.2 Å². The van der Waals surface area contributed by atoms with E-state index in [1.165, 1.54) is 0 Å². The number of hydrogen-bond donors (Lipinski definition) is 1. The van der Waals surface area contributed by atoms with Crippen LogP contribution < -0.4 is 0 Å². The Balaban J connectivity index is 0. The van der Waals surface area contributed by atoms with Crippen molar-refractivity contribution in [3.05, 3.63) is 25.3 Å². The minimum atomic E-state index is -6.35. The Kier molecular flexibility index (Phi) is 7.80. The molecule has 20 heavy (non-hydrogen) atoms. The van der Waals surface area contributed by atoms with Gasteiger partial charge >= 0.3 is 40.2 Å². The fraction of sp³-hybridized carbons (Fsp3) is 0.444. The van der Waals surface area contributed by atoms with Gasteiger partial charge in [0.1, 0.15) is 0 Å². The van der Waals surface area contributed by atoms with Crippen LogP contribution in [-0.2, 0) is 14.9 Å². The van der Waals surface area contributed by atoms with E-state index in [1.807, 2.05) is 0 Å². The molecule has 0 saturated carbocycles. The van der Waals surface area contributed by atoms with E-state index < -0.39 is 40.3 Å². The Morgan fingerprint density at radius 3 is 1.70 bits per heavy atom. The first kappa shape index (κ1) is 21.5. The molecule has 0 radical (unpaired) electrons. The molecule has 0 aromatic heterocycles. The van der Waals surface area contributed by atoms with Gasteiger partial charge in [-0.2, -0.15) is 21.6 Å². The fourth-order valence-electron chi connectivity index (χ4n) is 1.13. The van der Waals surface area contributed by atoms with Crippen LogP contribution in [0.2, 0.25) is 0 Å².